The minimum absolute atomic E-state index is 0. The summed E-state index contributed by atoms with van der Waals surface area (Å²) in [5.41, 5.74) is 1.86. The summed E-state index contributed by atoms with van der Waals surface area (Å²) < 4.78 is 47.9. The molecule has 0 spiro atoms. The summed E-state index contributed by atoms with van der Waals surface area (Å²) in [5, 5.41) is 7.00. The van der Waals surface area contributed by atoms with Gasteiger partial charge in [0.15, 0.2) is 0 Å². The third-order valence-electron chi connectivity index (χ3n) is 5.66. The molecule has 1 fully saturated rings. The second-order valence-electron chi connectivity index (χ2n) is 7.83. The van der Waals surface area contributed by atoms with Gasteiger partial charge < -0.3 is 12.0 Å². The molecule has 2 aromatic rings. The van der Waals surface area contributed by atoms with Gasteiger partial charge in [0.25, 0.3) is 0 Å². The second kappa shape index (κ2) is 16.0. The first-order chi connectivity index (χ1) is 15.5. The van der Waals surface area contributed by atoms with Crippen molar-refractivity contribution in [2.75, 3.05) is 26.0 Å². The van der Waals surface area contributed by atoms with E-state index in [9.17, 15) is 8.78 Å². The van der Waals surface area contributed by atoms with Crippen LogP contribution in [0.15, 0.2) is 36.4 Å². The van der Waals surface area contributed by atoms with E-state index >= 15 is 4.39 Å². The van der Waals surface area contributed by atoms with Crippen molar-refractivity contribution in [3.05, 3.63) is 66.1 Å². The molecule has 0 amide bonds. The van der Waals surface area contributed by atoms with E-state index < -0.39 is 17.8 Å². The van der Waals surface area contributed by atoms with Crippen molar-refractivity contribution in [3.63, 3.8) is 0 Å². The Morgan fingerprint density at radius 3 is 2.58 bits per heavy atom. The van der Waals surface area contributed by atoms with Gasteiger partial charge in [0.1, 0.15) is 17.8 Å². The van der Waals surface area contributed by atoms with Crippen LogP contribution in [0.5, 0.6) is 0 Å². The Morgan fingerprint density at radius 2 is 1.91 bits per heavy atom. The fraction of sp³-hybridized carbons (Fsp3) is 0.480. The summed E-state index contributed by atoms with van der Waals surface area (Å²) in [6, 6.07) is 9.23. The Labute approximate surface area is 243 Å². The van der Waals surface area contributed by atoms with Crippen LogP contribution in [0.4, 0.5) is 13.2 Å². The predicted molar refractivity (Wildman–Crippen MR) is 128 cm³/mol. The monoisotopic (exact) mass is 506 g/mol. The molecule has 1 aliphatic heterocycles. The topological polar surface area (TPSA) is 35.5 Å². The number of benzene rings is 2. The minimum atomic E-state index is -1.01. The fourth-order valence-corrected chi connectivity index (χ4v) is 4.78. The van der Waals surface area contributed by atoms with E-state index in [2.05, 4.69) is 16.5 Å². The number of aliphatic hydroxyl groups excluding tert-OH is 1. The van der Waals surface area contributed by atoms with Crippen molar-refractivity contribution in [3.8, 4) is 11.1 Å². The molecule has 178 valence electrons. The Balaban J connectivity index is 0.00000177. The number of nitrogens with one attached hydrogen (secondary N) is 1. The van der Waals surface area contributed by atoms with Gasteiger partial charge in [-0.25, -0.2) is 13.2 Å². The van der Waals surface area contributed by atoms with Crippen molar-refractivity contribution < 1.29 is 69.7 Å². The molecule has 3 nitrogen and oxygen atoms in total. The summed E-state index contributed by atoms with van der Waals surface area (Å²) in [7, 11) is 1.00. The van der Waals surface area contributed by atoms with Gasteiger partial charge in [0.05, 0.1) is 6.04 Å². The van der Waals surface area contributed by atoms with Gasteiger partial charge in [-0.05, 0) is 37.6 Å². The average Bonchev–Trinajstić information content (AvgIpc) is 3.09. The van der Waals surface area contributed by atoms with E-state index in [0.29, 0.717) is 18.5 Å². The van der Waals surface area contributed by atoms with Gasteiger partial charge in [-0.1, -0.05) is 55.1 Å². The zero-order chi connectivity index (χ0) is 23.7. The largest absolute Gasteiger partial charge is 1.00 e. The Bertz CT molecular complexity index is 858. The number of rotatable bonds is 9. The fourth-order valence-electron chi connectivity index (χ4n) is 4.12. The van der Waals surface area contributed by atoms with Crippen LogP contribution >= 0.6 is 11.9 Å². The number of unbranched alkanes of at least 4 members (excludes halogenated alkanes) is 1. The summed E-state index contributed by atoms with van der Waals surface area (Å²) in [6.45, 7) is 8.81. The van der Waals surface area contributed by atoms with Crippen LogP contribution in [-0.2, 0) is 6.42 Å². The van der Waals surface area contributed by atoms with Crippen molar-refractivity contribution in [2.45, 2.75) is 51.4 Å². The van der Waals surface area contributed by atoms with Crippen LogP contribution in [0.1, 0.15) is 30.9 Å². The maximum absolute atomic E-state index is 15.5. The molecule has 1 saturated heterocycles. The molecule has 2 N–H and O–H groups in total. The van der Waals surface area contributed by atoms with Gasteiger partial charge in [-0.15, -0.1) is 0 Å². The molecule has 1 heterocycles. The number of nitrogens with zero attached hydrogens (tertiary/aromatic N) is 1. The Kier molecular flexibility index (Phi) is 15.1. The molecule has 0 aromatic heterocycles. The summed E-state index contributed by atoms with van der Waals surface area (Å²) in [4.78, 5) is 2.10. The molecule has 3 unspecified atom stereocenters. The second-order valence-corrected chi connectivity index (χ2v) is 8.93. The van der Waals surface area contributed by atoms with Crippen molar-refractivity contribution >= 4 is 11.9 Å². The minimum Gasteiger partial charge on any atom is -0.400 e. The maximum Gasteiger partial charge on any atom is 1.00 e. The van der Waals surface area contributed by atoms with Crippen LogP contribution in [0.25, 0.3) is 11.1 Å². The van der Waals surface area contributed by atoms with Crippen LogP contribution in [-0.4, -0.2) is 54.2 Å². The van der Waals surface area contributed by atoms with Gasteiger partial charge >= 0.3 is 51.4 Å². The molecule has 3 atom stereocenters. The number of likely N-dealkylation sites (tertiary alicyclic amines) is 1. The molecule has 0 saturated carbocycles. The Hall–Kier alpha value is 0.0964. The zero-order valence-electron chi connectivity index (χ0n) is 20.1. The number of hydrogen-bond acceptors (Lipinski definition) is 4. The first-order valence-electron chi connectivity index (χ1n) is 11.0. The molecule has 0 radical (unpaired) electrons. The predicted octanol–water partition coefficient (Wildman–Crippen LogP) is 2.36. The Morgan fingerprint density at radius 1 is 1.18 bits per heavy atom. The summed E-state index contributed by atoms with van der Waals surface area (Å²) in [6.07, 6.45) is 0.998. The van der Waals surface area contributed by atoms with Gasteiger partial charge in [-0.3, -0.25) is 9.62 Å². The van der Waals surface area contributed by atoms with Gasteiger partial charge in [0.2, 0.25) is 0 Å². The van der Waals surface area contributed by atoms with Crippen molar-refractivity contribution in [1.82, 2.24) is 9.62 Å². The van der Waals surface area contributed by atoms with E-state index in [-0.39, 0.29) is 74.6 Å². The van der Waals surface area contributed by atoms with Gasteiger partial charge in [0, 0.05) is 36.6 Å². The van der Waals surface area contributed by atoms with E-state index in [1.165, 1.54) is 18.0 Å². The van der Waals surface area contributed by atoms with Crippen LogP contribution < -0.4 is 56.1 Å². The number of aryl methyl sites for hydroxylation is 1. The van der Waals surface area contributed by atoms with Crippen molar-refractivity contribution in [1.29, 1.82) is 0 Å². The van der Waals surface area contributed by atoms with E-state index in [0.717, 1.165) is 37.8 Å². The molecular weight excluding hydrogens is 472 g/mol. The molecule has 0 bridgehead atoms. The SMILES string of the molecule is CO.[CH2-]CCCN1CC(F)C(NSCC)C1Cc1cccc(-c2cc(C)ccc2F)c1F.[K+]. The van der Waals surface area contributed by atoms with E-state index in [1.807, 2.05) is 13.8 Å². The van der Waals surface area contributed by atoms with Crippen molar-refractivity contribution in [2.24, 2.45) is 0 Å². The molecule has 33 heavy (non-hydrogen) atoms. The molecule has 0 aliphatic carbocycles. The molecular formula is C25H34F3KN2OS. The van der Waals surface area contributed by atoms with E-state index in [4.69, 9.17) is 5.11 Å². The summed E-state index contributed by atoms with van der Waals surface area (Å²) >= 11 is 1.48. The van der Waals surface area contributed by atoms with Gasteiger partial charge in [-0.2, -0.15) is 6.42 Å². The normalized spacial score (nSPS) is 20.2. The molecule has 3 rings (SSSR count). The molecule has 8 heteroatoms. The van der Waals surface area contributed by atoms with Crippen LogP contribution in [0, 0.1) is 25.5 Å². The zero-order valence-corrected chi connectivity index (χ0v) is 24.0. The molecule has 1 aliphatic rings. The third-order valence-corrected chi connectivity index (χ3v) is 6.39. The maximum atomic E-state index is 15.5. The van der Waals surface area contributed by atoms with Crippen LogP contribution in [0.3, 0.4) is 0 Å². The van der Waals surface area contributed by atoms with E-state index in [1.54, 1.807) is 30.3 Å². The first kappa shape index (κ1) is 31.1. The summed E-state index contributed by atoms with van der Waals surface area (Å²) in [5.74, 6) is -0.0497. The first-order valence-corrected chi connectivity index (χ1v) is 12.0. The quantitative estimate of drug-likeness (QED) is 0.311. The van der Waals surface area contributed by atoms with Crippen LogP contribution in [0.2, 0.25) is 0 Å². The molecule has 2 aromatic carbocycles. The third kappa shape index (κ3) is 8.32. The number of aliphatic hydroxyl groups is 1. The number of alkyl halides is 1. The number of hydrogen-bond donors (Lipinski definition) is 2. The average molecular weight is 507 g/mol. The number of halogens is 3. The smallest absolute Gasteiger partial charge is 0.400 e. The standard InChI is InChI=1S/C24H30F3N2S.CH4O.K/c1-4-6-12-29-15-21(26)24(28-30-5-2)22(29)14-17-8-7-9-18(23(17)27)19-13-16(3)10-11-20(19)25;1-2;/h7-11,13,21-22,24,28H,1,4-6,12,14-15H2,2-3H3;2H,1H3;/q-1;;+1.